The third kappa shape index (κ3) is 3.11. The summed E-state index contributed by atoms with van der Waals surface area (Å²) >= 11 is 0. The number of amides is 3. The number of fused-ring (bicyclic) bond motifs is 6. The summed E-state index contributed by atoms with van der Waals surface area (Å²) in [6, 6.07) is 6.23. The van der Waals surface area contributed by atoms with E-state index >= 15 is 0 Å². The Morgan fingerprint density at radius 1 is 1.11 bits per heavy atom. The molecule has 0 aliphatic carbocycles. The summed E-state index contributed by atoms with van der Waals surface area (Å²) < 4.78 is 5.72. The number of hydrogen-bond donors (Lipinski definition) is 2. The van der Waals surface area contributed by atoms with Crippen LogP contribution in [0.1, 0.15) is 36.0 Å². The van der Waals surface area contributed by atoms with Gasteiger partial charge in [-0.1, -0.05) is 18.2 Å². The number of imide groups is 1. The average molecular weight is 406 g/mol. The minimum atomic E-state index is -0.320. The number of carbonyl (C=O) groups excluding carboxylic acids is 3. The number of carbonyl (C=O) groups is 3. The SMILES string of the molecule is Cl.O=C(CCN1C(=O)C2C3CCC(O3)C2C1=O)NCc1ccc2c(c1)CNC2. The molecule has 1 aromatic carbocycles. The van der Waals surface area contributed by atoms with Gasteiger partial charge in [-0.2, -0.15) is 0 Å². The molecule has 4 unspecified atom stereocenters. The second-order valence-corrected chi connectivity index (χ2v) is 7.90. The van der Waals surface area contributed by atoms with E-state index in [1.165, 1.54) is 16.0 Å². The summed E-state index contributed by atoms with van der Waals surface area (Å²) in [5, 5.41) is 6.19. The summed E-state index contributed by atoms with van der Waals surface area (Å²) in [5.74, 6) is -1.10. The van der Waals surface area contributed by atoms with Crippen LogP contribution in [0.25, 0.3) is 0 Å². The molecule has 0 aromatic heterocycles. The van der Waals surface area contributed by atoms with E-state index in [0.29, 0.717) is 6.54 Å². The van der Waals surface area contributed by atoms with E-state index in [2.05, 4.69) is 22.8 Å². The number of likely N-dealkylation sites (tertiary alicyclic amines) is 1. The van der Waals surface area contributed by atoms with E-state index in [1.54, 1.807) is 0 Å². The van der Waals surface area contributed by atoms with Crippen LogP contribution in [0.2, 0.25) is 0 Å². The molecule has 3 fully saturated rings. The van der Waals surface area contributed by atoms with Crippen molar-refractivity contribution in [3.8, 4) is 0 Å². The molecule has 4 aliphatic rings. The van der Waals surface area contributed by atoms with E-state index in [9.17, 15) is 14.4 Å². The first kappa shape index (κ1) is 19.4. The fourth-order valence-electron chi connectivity index (χ4n) is 4.95. The van der Waals surface area contributed by atoms with Gasteiger partial charge in [-0.15, -0.1) is 12.4 Å². The van der Waals surface area contributed by atoms with Crippen molar-refractivity contribution in [3.63, 3.8) is 0 Å². The Hall–Kier alpha value is -1.96. The van der Waals surface area contributed by atoms with E-state index in [-0.39, 0.29) is 67.1 Å². The molecular formula is C20H24ClN3O4. The van der Waals surface area contributed by atoms with E-state index in [0.717, 1.165) is 31.5 Å². The number of hydrogen-bond acceptors (Lipinski definition) is 5. The fraction of sp³-hybridized carbons (Fsp3) is 0.550. The standard InChI is InChI=1S/C20H23N3O4.ClH/c24-16(22-8-11-1-2-12-9-21-10-13(12)7-11)5-6-23-19(25)17-14-3-4-15(27-14)18(17)20(23)26;/h1-2,7,14-15,17-18,21H,3-6,8-10H2,(H,22,24);1H. The van der Waals surface area contributed by atoms with Crippen LogP contribution in [0.4, 0.5) is 0 Å². The number of benzene rings is 1. The Kier molecular flexibility index (Phi) is 5.16. The van der Waals surface area contributed by atoms with Gasteiger partial charge in [0, 0.05) is 32.6 Å². The van der Waals surface area contributed by atoms with Gasteiger partial charge in [-0.3, -0.25) is 19.3 Å². The molecule has 4 atom stereocenters. The molecule has 1 aromatic rings. The van der Waals surface area contributed by atoms with Crippen molar-refractivity contribution in [2.24, 2.45) is 11.8 Å². The van der Waals surface area contributed by atoms with Crippen LogP contribution in [0.15, 0.2) is 18.2 Å². The van der Waals surface area contributed by atoms with Gasteiger partial charge in [-0.25, -0.2) is 0 Å². The van der Waals surface area contributed by atoms with Crippen LogP contribution >= 0.6 is 12.4 Å². The fourth-order valence-corrected chi connectivity index (χ4v) is 4.95. The molecule has 3 amide bonds. The van der Waals surface area contributed by atoms with E-state index in [1.807, 2.05) is 6.07 Å². The summed E-state index contributed by atoms with van der Waals surface area (Å²) in [6.07, 6.45) is 1.64. The van der Waals surface area contributed by atoms with Crippen molar-refractivity contribution >= 4 is 30.1 Å². The molecule has 4 heterocycles. The topological polar surface area (TPSA) is 87.7 Å². The molecule has 0 spiro atoms. The second-order valence-electron chi connectivity index (χ2n) is 7.90. The maximum Gasteiger partial charge on any atom is 0.235 e. The lowest BCUT2D eigenvalue weighted by molar-refractivity contribution is -0.142. The zero-order chi connectivity index (χ0) is 18.5. The summed E-state index contributed by atoms with van der Waals surface area (Å²) in [4.78, 5) is 38.6. The van der Waals surface area contributed by atoms with Crippen molar-refractivity contribution in [3.05, 3.63) is 34.9 Å². The van der Waals surface area contributed by atoms with Gasteiger partial charge in [0.25, 0.3) is 0 Å². The van der Waals surface area contributed by atoms with Crippen LogP contribution in [-0.4, -0.2) is 41.4 Å². The maximum absolute atomic E-state index is 12.6. The molecule has 2 bridgehead atoms. The molecular weight excluding hydrogens is 382 g/mol. The number of halogens is 1. The maximum atomic E-state index is 12.6. The predicted octanol–water partition coefficient (Wildman–Crippen LogP) is 0.880. The lowest BCUT2D eigenvalue weighted by atomic mass is 9.81. The van der Waals surface area contributed by atoms with Crippen molar-refractivity contribution < 1.29 is 19.1 Å². The molecule has 3 saturated heterocycles. The minimum absolute atomic E-state index is 0. The Bertz CT molecular complexity index is 802. The van der Waals surface area contributed by atoms with E-state index < -0.39 is 0 Å². The highest BCUT2D eigenvalue weighted by molar-refractivity contribution is 6.06. The first-order chi connectivity index (χ1) is 13.1. The molecule has 28 heavy (non-hydrogen) atoms. The van der Waals surface area contributed by atoms with Crippen LogP contribution in [0.3, 0.4) is 0 Å². The zero-order valence-electron chi connectivity index (χ0n) is 15.5. The Morgan fingerprint density at radius 3 is 2.50 bits per heavy atom. The van der Waals surface area contributed by atoms with Crippen molar-refractivity contribution in [1.29, 1.82) is 0 Å². The van der Waals surface area contributed by atoms with Gasteiger partial charge in [0.05, 0.1) is 24.0 Å². The number of ether oxygens (including phenoxy) is 1. The summed E-state index contributed by atoms with van der Waals surface area (Å²) in [7, 11) is 0. The Balaban J connectivity index is 0.00000192. The van der Waals surface area contributed by atoms with Gasteiger partial charge >= 0.3 is 0 Å². The minimum Gasteiger partial charge on any atom is -0.373 e. The predicted molar refractivity (Wildman–Crippen MR) is 102 cm³/mol. The van der Waals surface area contributed by atoms with Crippen molar-refractivity contribution in [2.75, 3.05) is 6.54 Å². The van der Waals surface area contributed by atoms with Gasteiger partial charge in [0.1, 0.15) is 0 Å². The lowest BCUT2D eigenvalue weighted by Crippen LogP contribution is -2.37. The van der Waals surface area contributed by atoms with Crippen molar-refractivity contribution in [2.45, 2.75) is 51.1 Å². The normalized spacial score (nSPS) is 29.6. The molecule has 4 aliphatic heterocycles. The summed E-state index contributed by atoms with van der Waals surface area (Å²) in [6.45, 7) is 2.38. The smallest absolute Gasteiger partial charge is 0.235 e. The van der Waals surface area contributed by atoms with Gasteiger partial charge in [0.2, 0.25) is 17.7 Å². The third-order valence-corrected chi connectivity index (χ3v) is 6.33. The van der Waals surface area contributed by atoms with Crippen molar-refractivity contribution in [1.82, 2.24) is 15.5 Å². The highest BCUT2D eigenvalue weighted by Crippen LogP contribution is 2.48. The molecule has 5 rings (SSSR count). The van der Waals surface area contributed by atoms with Gasteiger partial charge in [0.15, 0.2) is 0 Å². The van der Waals surface area contributed by atoms with Crippen LogP contribution in [0.5, 0.6) is 0 Å². The lowest BCUT2D eigenvalue weighted by Gasteiger charge is -2.17. The number of rotatable bonds is 5. The molecule has 7 nitrogen and oxygen atoms in total. The Labute approximate surface area is 169 Å². The zero-order valence-corrected chi connectivity index (χ0v) is 16.3. The molecule has 2 N–H and O–H groups in total. The number of nitrogens with zero attached hydrogens (tertiary/aromatic N) is 1. The van der Waals surface area contributed by atoms with Gasteiger partial charge < -0.3 is 15.4 Å². The Morgan fingerprint density at radius 2 is 1.79 bits per heavy atom. The average Bonchev–Trinajstić information content (AvgIpc) is 3.43. The first-order valence-corrected chi connectivity index (χ1v) is 9.70. The first-order valence-electron chi connectivity index (χ1n) is 9.70. The second kappa shape index (κ2) is 7.46. The monoisotopic (exact) mass is 405 g/mol. The number of nitrogens with one attached hydrogen (secondary N) is 2. The van der Waals surface area contributed by atoms with Crippen LogP contribution in [-0.2, 0) is 38.8 Å². The van der Waals surface area contributed by atoms with Gasteiger partial charge in [-0.05, 0) is 29.5 Å². The molecule has 150 valence electrons. The molecule has 0 saturated carbocycles. The molecule has 0 radical (unpaired) electrons. The largest absolute Gasteiger partial charge is 0.373 e. The quantitative estimate of drug-likeness (QED) is 0.710. The summed E-state index contributed by atoms with van der Waals surface area (Å²) in [5.41, 5.74) is 3.64. The molecule has 8 heteroatoms. The van der Waals surface area contributed by atoms with Crippen LogP contribution < -0.4 is 10.6 Å². The van der Waals surface area contributed by atoms with Crippen LogP contribution in [0, 0.1) is 11.8 Å². The third-order valence-electron chi connectivity index (χ3n) is 6.33. The highest BCUT2D eigenvalue weighted by Gasteiger charge is 2.62. The highest BCUT2D eigenvalue weighted by atomic mass is 35.5. The van der Waals surface area contributed by atoms with E-state index in [4.69, 9.17) is 4.74 Å².